The highest BCUT2D eigenvalue weighted by molar-refractivity contribution is 6.28. The number of fused-ring (bicyclic) bond motifs is 1. The maximum Gasteiger partial charge on any atom is 0.225 e. The van der Waals surface area contributed by atoms with E-state index in [1.54, 1.807) is 6.20 Å². The molecule has 3 heterocycles. The predicted molar refractivity (Wildman–Crippen MR) is 76.8 cm³/mol. The molecule has 1 saturated heterocycles. The van der Waals surface area contributed by atoms with Crippen LogP contribution >= 0.6 is 11.6 Å². The third kappa shape index (κ3) is 2.51. The highest BCUT2D eigenvalue weighted by Gasteiger charge is 2.26. The summed E-state index contributed by atoms with van der Waals surface area (Å²) < 4.78 is 0. The summed E-state index contributed by atoms with van der Waals surface area (Å²) >= 11 is 5.98. The lowest BCUT2D eigenvalue weighted by molar-refractivity contribution is -0.119. The number of hydrogen-bond acceptors (Lipinski definition) is 5. The van der Waals surface area contributed by atoms with Gasteiger partial charge in [-0.1, -0.05) is 0 Å². The fraction of sp³-hybridized carbons (Fsp3) is 0.385. The number of anilines is 1. The molecule has 1 amide bonds. The van der Waals surface area contributed by atoms with Crippen molar-refractivity contribution in [2.75, 3.05) is 18.0 Å². The molecular formula is C13H14ClN5O. The van der Waals surface area contributed by atoms with Gasteiger partial charge >= 0.3 is 0 Å². The second-order valence-corrected chi connectivity index (χ2v) is 5.16. The Kier molecular flexibility index (Phi) is 3.40. The predicted octanol–water partition coefficient (Wildman–Crippen LogP) is 1.39. The van der Waals surface area contributed by atoms with Gasteiger partial charge in [-0.05, 0) is 30.2 Å². The molecule has 1 N–H and O–H groups in total. The van der Waals surface area contributed by atoms with Crippen LogP contribution in [0.3, 0.4) is 0 Å². The second kappa shape index (κ2) is 5.20. The Morgan fingerprint density at radius 1 is 1.50 bits per heavy atom. The van der Waals surface area contributed by atoms with Gasteiger partial charge in [0.15, 0.2) is 5.82 Å². The number of rotatable bonds is 2. The van der Waals surface area contributed by atoms with Crippen molar-refractivity contribution in [1.82, 2.24) is 20.3 Å². The zero-order valence-electron chi connectivity index (χ0n) is 11.0. The SMILES string of the molecule is CC(=O)NC1CCN(c2nc(Cl)nc3cccnc23)C1. The van der Waals surface area contributed by atoms with Gasteiger partial charge in [-0.15, -0.1) is 0 Å². The summed E-state index contributed by atoms with van der Waals surface area (Å²) in [6.07, 6.45) is 2.60. The summed E-state index contributed by atoms with van der Waals surface area (Å²) in [7, 11) is 0. The van der Waals surface area contributed by atoms with E-state index in [1.165, 1.54) is 6.92 Å². The third-order valence-electron chi connectivity index (χ3n) is 3.30. The summed E-state index contributed by atoms with van der Waals surface area (Å²) in [5.41, 5.74) is 1.46. The van der Waals surface area contributed by atoms with Crippen molar-refractivity contribution in [3.05, 3.63) is 23.6 Å². The van der Waals surface area contributed by atoms with Crippen LogP contribution in [0.2, 0.25) is 5.28 Å². The Morgan fingerprint density at radius 3 is 3.15 bits per heavy atom. The molecule has 6 nitrogen and oxygen atoms in total. The van der Waals surface area contributed by atoms with Crippen LogP contribution in [0.5, 0.6) is 0 Å². The molecule has 1 fully saturated rings. The van der Waals surface area contributed by atoms with Crippen LogP contribution in [0, 0.1) is 0 Å². The monoisotopic (exact) mass is 291 g/mol. The molecule has 0 aromatic carbocycles. The lowest BCUT2D eigenvalue weighted by atomic mass is 10.2. The van der Waals surface area contributed by atoms with E-state index in [2.05, 4.69) is 25.2 Å². The standard InChI is InChI=1S/C13H14ClN5O/c1-8(20)16-9-4-6-19(7-9)12-11-10(3-2-5-15-11)17-13(14)18-12/h2-3,5,9H,4,6-7H2,1H3,(H,16,20). The molecule has 0 bridgehead atoms. The van der Waals surface area contributed by atoms with E-state index in [4.69, 9.17) is 11.6 Å². The first-order chi connectivity index (χ1) is 9.63. The van der Waals surface area contributed by atoms with Gasteiger partial charge < -0.3 is 10.2 Å². The molecule has 3 rings (SSSR count). The molecule has 0 aliphatic carbocycles. The van der Waals surface area contributed by atoms with Crippen molar-refractivity contribution >= 4 is 34.4 Å². The number of nitrogens with one attached hydrogen (secondary N) is 1. The van der Waals surface area contributed by atoms with Gasteiger partial charge in [0, 0.05) is 32.3 Å². The topological polar surface area (TPSA) is 71.0 Å². The Bertz CT molecular complexity index is 662. The van der Waals surface area contributed by atoms with Crippen LogP contribution in [0.4, 0.5) is 5.82 Å². The van der Waals surface area contributed by atoms with E-state index in [-0.39, 0.29) is 17.2 Å². The lowest BCUT2D eigenvalue weighted by Gasteiger charge is -2.18. The maximum absolute atomic E-state index is 11.1. The summed E-state index contributed by atoms with van der Waals surface area (Å²) in [4.78, 5) is 26.0. The van der Waals surface area contributed by atoms with Crippen LogP contribution < -0.4 is 10.2 Å². The van der Waals surface area contributed by atoms with Gasteiger partial charge in [-0.25, -0.2) is 4.98 Å². The van der Waals surface area contributed by atoms with Crippen molar-refractivity contribution in [2.24, 2.45) is 0 Å². The Labute approximate surface area is 121 Å². The van der Waals surface area contributed by atoms with Crippen molar-refractivity contribution in [2.45, 2.75) is 19.4 Å². The van der Waals surface area contributed by atoms with Crippen molar-refractivity contribution < 1.29 is 4.79 Å². The molecule has 0 spiro atoms. The van der Waals surface area contributed by atoms with E-state index >= 15 is 0 Å². The number of hydrogen-bond donors (Lipinski definition) is 1. The molecule has 0 saturated carbocycles. The van der Waals surface area contributed by atoms with Crippen LogP contribution in [0.15, 0.2) is 18.3 Å². The summed E-state index contributed by atoms with van der Waals surface area (Å²) in [5, 5.41) is 3.14. The summed E-state index contributed by atoms with van der Waals surface area (Å²) in [5.74, 6) is 0.717. The van der Waals surface area contributed by atoms with Crippen LogP contribution in [0.25, 0.3) is 11.0 Å². The smallest absolute Gasteiger partial charge is 0.225 e. The molecule has 0 radical (unpaired) electrons. The maximum atomic E-state index is 11.1. The lowest BCUT2D eigenvalue weighted by Crippen LogP contribution is -2.35. The molecule has 1 aliphatic heterocycles. The van der Waals surface area contributed by atoms with E-state index in [1.807, 2.05) is 12.1 Å². The average Bonchev–Trinajstić information content (AvgIpc) is 2.85. The van der Waals surface area contributed by atoms with Gasteiger partial charge in [-0.2, -0.15) is 4.98 Å². The molecular weight excluding hydrogens is 278 g/mol. The number of halogens is 1. The normalized spacial score (nSPS) is 18.5. The quantitative estimate of drug-likeness (QED) is 0.847. The van der Waals surface area contributed by atoms with Crippen molar-refractivity contribution in [3.63, 3.8) is 0 Å². The Hall–Kier alpha value is -1.95. The molecule has 20 heavy (non-hydrogen) atoms. The first-order valence-corrected chi connectivity index (χ1v) is 6.81. The number of amides is 1. The fourth-order valence-corrected chi connectivity index (χ4v) is 2.67. The summed E-state index contributed by atoms with van der Waals surface area (Å²) in [6, 6.07) is 3.82. The minimum atomic E-state index is -0.0134. The third-order valence-corrected chi connectivity index (χ3v) is 3.47. The zero-order chi connectivity index (χ0) is 14.1. The molecule has 7 heteroatoms. The van der Waals surface area contributed by atoms with Gasteiger partial charge in [0.1, 0.15) is 5.52 Å². The minimum absolute atomic E-state index is 0.0134. The van der Waals surface area contributed by atoms with Gasteiger partial charge in [-0.3, -0.25) is 9.78 Å². The second-order valence-electron chi connectivity index (χ2n) is 4.82. The molecule has 1 atom stereocenters. The minimum Gasteiger partial charge on any atom is -0.353 e. The molecule has 2 aromatic rings. The zero-order valence-corrected chi connectivity index (χ0v) is 11.8. The van der Waals surface area contributed by atoms with Crippen molar-refractivity contribution in [1.29, 1.82) is 0 Å². The van der Waals surface area contributed by atoms with Gasteiger partial charge in [0.05, 0.1) is 5.52 Å². The molecule has 1 aliphatic rings. The van der Waals surface area contributed by atoms with E-state index in [0.717, 1.165) is 29.8 Å². The van der Waals surface area contributed by atoms with Crippen molar-refractivity contribution in [3.8, 4) is 0 Å². The number of carbonyl (C=O) groups is 1. The number of aromatic nitrogens is 3. The highest BCUT2D eigenvalue weighted by Crippen LogP contribution is 2.26. The number of carbonyl (C=O) groups excluding carboxylic acids is 1. The molecule has 2 aromatic heterocycles. The van der Waals surface area contributed by atoms with E-state index in [0.29, 0.717) is 6.54 Å². The van der Waals surface area contributed by atoms with E-state index in [9.17, 15) is 4.79 Å². The molecule has 104 valence electrons. The van der Waals surface area contributed by atoms with Gasteiger partial charge in [0.2, 0.25) is 11.2 Å². The first kappa shape index (κ1) is 13.1. The molecule has 1 unspecified atom stereocenters. The van der Waals surface area contributed by atoms with Crippen LogP contribution in [-0.2, 0) is 4.79 Å². The largest absolute Gasteiger partial charge is 0.353 e. The highest BCUT2D eigenvalue weighted by atomic mass is 35.5. The average molecular weight is 292 g/mol. The number of nitrogens with zero attached hydrogens (tertiary/aromatic N) is 4. The Balaban J connectivity index is 1.93. The van der Waals surface area contributed by atoms with Gasteiger partial charge in [0.25, 0.3) is 0 Å². The number of pyridine rings is 1. The summed E-state index contributed by atoms with van der Waals surface area (Å²) in [6.45, 7) is 3.05. The van der Waals surface area contributed by atoms with Crippen LogP contribution in [0.1, 0.15) is 13.3 Å². The van der Waals surface area contributed by atoms with Crippen LogP contribution in [-0.4, -0.2) is 40.0 Å². The van der Waals surface area contributed by atoms with E-state index < -0.39 is 0 Å². The Morgan fingerprint density at radius 2 is 2.35 bits per heavy atom. The fourth-order valence-electron chi connectivity index (χ4n) is 2.50. The first-order valence-electron chi connectivity index (χ1n) is 6.44.